The Morgan fingerprint density at radius 1 is 1.50 bits per heavy atom. The van der Waals surface area contributed by atoms with Crippen LogP contribution >= 0.6 is 0 Å². The Hall–Kier alpha value is -2.50. The van der Waals surface area contributed by atoms with Crippen molar-refractivity contribution < 1.29 is 19.4 Å². The highest BCUT2D eigenvalue weighted by Gasteiger charge is 2.10. The van der Waals surface area contributed by atoms with Gasteiger partial charge in [-0.1, -0.05) is 18.7 Å². The van der Waals surface area contributed by atoms with Crippen molar-refractivity contribution in [3.63, 3.8) is 0 Å². The zero-order valence-corrected chi connectivity index (χ0v) is 11.3. The van der Waals surface area contributed by atoms with Crippen molar-refractivity contribution in [1.29, 1.82) is 0 Å². The molecular formula is C14H18N2O4. The van der Waals surface area contributed by atoms with Gasteiger partial charge in [0.05, 0.1) is 6.42 Å². The molecule has 0 heterocycles. The zero-order chi connectivity index (χ0) is 15.0. The molecule has 20 heavy (non-hydrogen) atoms. The Morgan fingerprint density at radius 2 is 2.25 bits per heavy atom. The van der Waals surface area contributed by atoms with E-state index in [1.807, 2.05) is 0 Å². The Morgan fingerprint density at radius 3 is 2.90 bits per heavy atom. The maximum Gasteiger partial charge on any atom is 0.321 e. The summed E-state index contributed by atoms with van der Waals surface area (Å²) in [6.07, 6.45) is 1.54. The molecule has 2 N–H and O–H groups in total. The number of carbonyl (C=O) groups excluding carboxylic acids is 1. The quantitative estimate of drug-likeness (QED) is 0.749. The van der Waals surface area contributed by atoms with E-state index in [0.29, 0.717) is 18.0 Å². The van der Waals surface area contributed by atoms with Crippen LogP contribution in [-0.4, -0.2) is 42.2 Å². The van der Waals surface area contributed by atoms with Crippen LogP contribution in [-0.2, 0) is 4.79 Å². The largest absolute Gasteiger partial charge is 0.489 e. The Balaban J connectivity index is 2.56. The molecule has 2 amide bonds. The van der Waals surface area contributed by atoms with E-state index >= 15 is 0 Å². The molecule has 6 heteroatoms. The van der Waals surface area contributed by atoms with E-state index in [2.05, 4.69) is 11.9 Å². The number of hydrogen-bond donors (Lipinski definition) is 2. The lowest BCUT2D eigenvalue weighted by atomic mass is 10.3. The number of rotatable bonds is 7. The van der Waals surface area contributed by atoms with E-state index in [9.17, 15) is 9.59 Å². The zero-order valence-electron chi connectivity index (χ0n) is 11.3. The first-order valence-electron chi connectivity index (χ1n) is 6.10. The van der Waals surface area contributed by atoms with Crippen LogP contribution in [0.25, 0.3) is 0 Å². The maximum atomic E-state index is 11.8. The minimum atomic E-state index is -0.940. The van der Waals surface area contributed by atoms with E-state index < -0.39 is 5.97 Å². The summed E-state index contributed by atoms with van der Waals surface area (Å²) in [5.41, 5.74) is 0.582. The number of ether oxygens (including phenoxy) is 1. The molecule has 6 nitrogen and oxygen atoms in total. The fourth-order valence-corrected chi connectivity index (χ4v) is 1.40. The highest BCUT2D eigenvalue weighted by Crippen LogP contribution is 2.17. The van der Waals surface area contributed by atoms with Crippen LogP contribution < -0.4 is 10.1 Å². The fraction of sp³-hybridized carbons (Fsp3) is 0.286. The maximum absolute atomic E-state index is 11.8. The first-order valence-corrected chi connectivity index (χ1v) is 6.10. The number of benzene rings is 1. The minimum Gasteiger partial charge on any atom is -0.489 e. The van der Waals surface area contributed by atoms with Crippen molar-refractivity contribution >= 4 is 17.7 Å². The molecule has 0 bridgehead atoms. The van der Waals surface area contributed by atoms with Crippen LogP contribution in [0.2, 0.25) is 0 Å². The van der Waals surface area contributed by atoms with Crippen LogP contribution in [0.3, 0.4) is 0 Å². The molecule has 0 aliphatic heterocycles. The van der Waals surface area contributed by atoms with Crippen LogP contribution in [0.1, 0.15) is 6.42 Å². The van der Waals surface area contributed by atoms with Gasteiger partial charge < -0.3 is 20.1 Å². The van der Waals surface area contributed by atoms with Crippen LogP contribution in [0, 0.1) is 0 Å². The van der Waals surface area contributed by atoms with Crippen molar-refractivity contribution in [3.05, 3.63) is 36.9 Å². The van der Waals surface area contributed by atoms with Gasteiger partial charge in [0.15, 0.2) is 0 Å². The third-order valence-corrected chi connectivity index (χ3v) is 2.46. The van der Waals surface area contributed by atoms with Gasteiger partial charge in [-0.3, -0.25) is 4.79 Å². The van der Waals surface area contributed by atoms with Crippen molar-refractivity contribution in [3.8, 4) is 5.75 Å². The van der Waals surface area contributed by atoms with Gasteiger partial charge in [0, 0.05) is 25.3 Å². The van der Waals surface area contributed by atoms with Crippen LogP contribution in [0.4, 0.5) is 10.5 Å². The Kier molecular flexibility index (Phi) is 6.09. The predicted molar refractivity (Wildman–Crippen MR) is 76.0 cm³/mol. The summed E-state index contributed by atoms with van der Waals surface area (Å²) in [6, 6.07) is 6.57. The fourth-order valence-electron chi connectivity index (χ4n) is 1.40. The van der Waals surface area contributed by atoms with Gasteiger partial charge in [-0.25, -0.2) is 4.79 Å². The number of carboxylic acids is 1. The molecule has 1 rings (SSSR count). The number of carboxylic acid groups (broad SMARTS) is 1. The highest BCUT2D eigenvalue weighted by molar-refractivity contribution is 5.89. The van der Waals surface area contributed by atoms with Gasteiger partial charge in [-0.2, -0.15) is 0 Å². The summed E-state index contributed by atoms with van der Waals surface area (Å²) >= 11 is 0. The second kappa shape index (κ2) is 7.83. The topological polar surface area (TPSA) is 78.9 Å². The molecule has 1 aromatic carbocycles. The van der Waals surface area contributed by atoms with Gasteiger partial charge >= 0.3 is 12.0 Å². The first-order chi connectivity index (χ1) is 9.52. The number of amides is 2. The summed E-state index contributed by atoms with van der Waals surface area (Å²) in [4.78, 5) is 23.6. The number of hydrogen-bond acceptors (Lipinski definition) is 3. The van der Waals surface area contributed by atoms with Gasteiger partial charge in [0.2, 0.25) is 0 Å². The molecule has 0 fully saturated rings. The monoisotopic (exact) mass is 278 g/mol. The number of anilines is 1. The molecule has 0 aromatic heterocycles. The summed E-state index contributed by atoms with van der Waals surface area (Å²) in [5.74, 6) is -0.319. The molecule has 0 radical (unpaired) electrons. The minimum absolute atomic E-state index is 0.0909. The molecular weight excluding hydrogens is 260 g/mol. The van der Waals surface area contributed by atoms with Gasteiger partial charge in [-0.15, -0.1) is 0 Å². The van der Waals surface area contributed by atoms with Crippen LogP contribution in [0.15, 0.2) is 36.9 Å². The van der Waals surface area contributed by atoms with Gasteiger partial charge in [0.1, 0.15) is 12.4 Å². The van der Waals surface area contributed by atoms with E-state index in [1.54, 1.807) is 30.3 Å². The number of carbonyl (C=O) groups is 2. The molecule has 0 saturated heterocycles. The standard InChI is InChI=1S/C14H18N2O4/c1-3-9-20-12-6-4-5-11(10-12)15-14(19)16(2)8-7-13(17)18/h3-6,10H,1,7-9H2,2H3,(H,15,19)(H,17,18). The number of nitrogens with zero attached hydrogens (tertiary/aromatic N) is 1. The molecule has 0 aliphatic rings. The van der Waals surface area contributed by atoms with E-state index in [-0.39, 0.29) is 19.0 Å². The summed E-state index contributed by atoms with van der Waals surface area (Å²) in [5, 5.41) is 11.2. The Bertz CT molecular complexity index is 488. The smallest absolute Gasteiger partial charge is 0.321 e. The van der Waals surface area contributed by atoms with E-state index in [0.717, 1.165) is 0 Å². The lowest BCUT2D eigenvalue weighted by molar-refractivity contribution is -0.137. The van der Waals surface area contributed by atoms with Gasteiger partial charge in [0.25, 0.3) is 0 Å². The summed E-state index contributed by atoms with van der Waals surface area (Å²) in [6.45, 7) is 4.09. The molecule has 1 aromatic rings. The SMILES string of the molecule is C=CCOc1cccc(NC(=O)N(C)CCC(=O)O)c1. The number of aliphatic carboxylic acids is 1. The second-order valence-electron chi connectivity index (χ2n) is 4.12. The third kappa shape index (κ3) is 5.43. The number of nitrogens with one attached hydrogen (secondary N) is 1. The second-order valence-corrected chi connectivity index (χ2v) is 4.12. The molecule has 0 spiro atoms. The average Bonchev–Trinajstić information content (AvgIpc) is 2.42. The molecule has 0 atom stereocenters. The number of urea groups is 1. The van der Waals surface area contributed by atoms with Crippen molar-refractivity contribution in [2.24, 2.45) is 0 Å². The normalized spacial score (nSPS) is 9.65. The van der Waals surface area contributed by atoms with E-state index in [1.165, 1.54) is 11.9 Å². The Labute approximate surface area is 117 Å². The van der Waals surface area contributed by atoms with Crippen molar-refractivity contribution in [2.75, 3.05) is 25.5 Å². The summed E-state index contributed by atoms with van der Waals surface area (Å²) in [7, 11) is 1.54. The van der Waals surface area contributed by atoms with E-state index in [4.69, 9.17) is 9.84 Å². The lowest BCUT2D eigenvalue weighted by Gasteiger charge is -2.17. The van der Waals surface area contributed by atoms with Crippen LogP contribution in [0.5, 0.6) is 5.75 Å². The average molecular weight is 278 g/mol. The first kappa shape index (κ1) is 15.6. The van der Waals surface area contributed by atoms with Gasteiger partial charge in [-0.05, 0) is 12.1 Å². The molecule has 0 unspecified atom stereocenters. The molecule has 0 aliphatic carbocycles. The lowest BCUT2D eigenvalue weighted by Crippen LogP contribution is -2.33. The molecule has 0 saturated carbocycles. The summed E-state index contributed by atoms with van der Waals surface area (Å²) < 4.78 is 5.36. The van der Waals surface area contributed by atoms with Crippen molar-refractivity contribution in [2.45, 2.75) is 6.42 Å². The molecule has 108 valence electrons. The highest BCUT2D eigenvalue weighted by atomic mass is 16.5. The van der Waals surface area contributed by atoms with Crippen molar-refractivity contribution in [1.82, 2.24) is 4.90 Å². The third-order valence-electron chi connectivity index (χ3n) is 2.46. The predicted octanol–water partition coefficient (Wildman–Crippen LogP) is 2.19.